The van der Waals surface area contributed by atoms with Gasteiger partial charge < -0.3 is 5.11 Å². The van der Waals surface area contributed by atoms with Crippen molar-refractivity contribution in [3.63, 3.8) is 0 Å². The molecule has 0 unspecified atom stereocenters. The summed E-state index contributed by atoms with van der Waals surface area (Å²) in [6.07, 6.45) is 3.37. The summed E-state index contributed by atoms with van der Waals surface area (Å²) < 4.78 is 0. The average Bonchev–Trinajstić information content (AvgIpc) is 2.38. The van der Waals surface area contributed by atoms with E-state index in [2.05, 4.69) is 9.97 Å². The highest BCUT2D eigenvalue weighted by molar-refractivity contribution is 8.76. The molecule has 0 aliphatic carbocycles. The average molecular weight is 278 g/mol. The Hall–Kier alpha value is -1.53. The summed E-state index contributed by atoms with van der Waals surface area (Å²) in [6, 6.07) is 9.19. The third kappa shape index (κ3) is 3.75. The van der Waals surface area contributed by atoms with Crippen LogP contribution in [0.15, 0.2) is 52.8 Å². The molecule has 4 nitrogen and oxygen atoms in total. The molecular weight excluding hydrogens is 268 g/mol. The van der Waals surface area contributed by atoms with Crippen LogP contribution in [0.2, 0.25) is 0 Å². The first kappa shape index (κ1) is 12.9. The van der Waals surface area contributed by atoms with Crippen molar-refractivity contribution in [3.8, 4) is 0 Å². The maximum atomic E-state index is 10.7. The lowest BCUT2D eigenvalue weighted by molar-refractivity contribution is -0.136. The molecule has 0 atom stereocenters. The van der Waals surface area contributed by atoms with E-state index in [1.54, 1.807) is 24.5 Å². The predicted octanol–water partition coefficient (Wildman–Crippen LogP) is 2.90. The quantitative estimate of drug-likeness (QED) is 0.848. The Balaban J connectivity index is 2.07. The summed E-state index contributed by atoms with van der Waals surface area (Å²) in [5.74, 6) is -0.854. The minimum Gasteiger partial charge on any atom is -0.481 e. The second kappa shape index (κ2) is 6.42. The lowest BCUT2D eigenvalue weighted by Gasteiger charge is -2.04. The molecule has 1 N–H and O–H groups in total. The molecule has 0 radical (unpaired) electrons. The normalized spacial score (nSPS) is 10.2. The maximum Gasteiger partial charge on any atom is 0.307 e. The lowest BCUT2D eigenvalue weighted by atomic mass is 10.2. The molecular formula is C12H10N2O2S2. The Morgan fingerprint density at radius 3 is 2.67 bits per heavy atom. The highest BCUT2D eigenvalue weighted by atomic mass is 33.1. The molecule has 0 aliphatic heterocycles. The van der Waals surface area contributed by atoms with E-state index in [1.165, 1.54) is 21.6 Å². The molecule has 0 spiro atoms. The van der Waals surface area contributed by atoms with Crippen molar-refractivity contribution in [1.29, 1.82) is 0 Å². The van der Waals surface area contributed by atoms with Gasteiger partial charge >= 0.3 is 5.97 Å². The summed E-state index contributed by atoms with van der Waals surface area (Å²) in [6.45, 7) is 0. The van der Waals surface area contributed by atoms with Gasteiger partial charge in [-0.1, -0.05) is 12.1 Å². The Morgan fingerprint density at radius 1 is 1.11 bits per heavy atom. The Bertz CT molecular complexity index is 535. The van der Waals surface area contributed by atoms with Gasteiger partial charge in [-0.15, -0.1) is 0 Å². The van der Waals surface area contributed by atoms with E-state index in [0.29, 0.717) is 0 Å². The molecule has 2 aromatic heterocycles. The minimum absolute atomic E-state index is 0.0149. The van der Waals surface area contributed by atoms with Crippen molar-refractivity contribution in [2.24, 2.45) is 0 Å². The second-order valence-corrected chi connectivity index (χ2v) is 5.51. The topological polar surface area (TPSA) is 63.1 Å². The van der Waals surface area contributed by atoms with Gasteiger partial charge in [0.05, 0.1) is 6.42 Å². The van der Waals surface area contributed by atoms with Crippen LogP contribution < -0.4 is 0 Å². The number of carbonyl (C=O) groups is 1. The van der Waals surface area contributed by atoms with Gasteiger partial charge in [-0.3, -0.25) is 4.79 Å². The highest BCUT2D eigenvalue weighted by Crippen LogP contribution is 2.36. The monoisotopic (exact) mass is 278 g/mol. The van der Waals surface area contributed by atoms with E-state index < -0.39 is 5.97 Å². The molecule has 0 fully saturated rings. The number of aliphatic carboxylic acids is 1. The number of hydrogen-bond donors (Lipinski definition) is 1. The molecule has 0 aliphatic rings. The third-order valence-corrected chi connectivity index (χ3v) is 4.29. The van der Waals surface area contributed by atoms with Crippen molar-refractivity contribution < 1.29 is 9.90 Å². The zero-order valence-corrected chi connectivity index (χ0v) is 10.9. The number of rotatable bonds is 5. The number of pyridine rings is 2. The number of carboxylic acids is 1. The van der Waals surface area contributed by atoms with E-state index in [9.17, 15) is 4.79 Å². The standard InChI is InChI=1S/C12H10N2O2S2/c15-11(16)8-9-4-3-7-14-12(9)18-17-10-5-1-2-6-13-10/h1-7H,8H2,(H,15,16). The molecule has 2 aromatic rings. The van der Waals surface area contributed by atoms with Crippen LogP contribution >= 0.6 is 21.6 Å². The first-order valence-corrected chi connectivity index (χ1v) is 7.32. The van der Waals surface area contributed by atoms with E-state index in [4.69, 9.17) is 5.11 Å². The van der Waals surface area contributed by atoms with Crippen molar-refractivity contribution in [2.75, 3.05) is 0 Å². The largest absolute Gasteiger partial charge is 0.481 e. The van der Waals surface area contributed by atoms with Crippen molar-refractivity contribution in [1.82, 2.24) is 9.97 Å². The maximum absolute atomic E-state index is 10.7. The molecule has 0 saturated carbocycles. The molecule has 0 aromatic carbocycles. The van der Waals surface area contributed by atoms with Crippen LogP contribution in [-0.4, -0.2) is 21.0 Å². The van der Waals surface area contributed by atoms with Gasteiger partial charge in [0.15, 0.2) is 0 Å². The van der Waals surface area contributed by atoms with E-state index in [0.717, 1.165) is 15.6 Å². The fraction of sp³-hybridized carbons (Fsp3) is 0.0833. The van der Waals surface area contributed by atoms with Gasteiger partial charge in [0.1, 0.15) is 10.1 Å². The molecule has 18 heavy (non-hydrogen) atoms. The number of aromatic nitrogens is 2. The zero-order valence-electron chi connectivity index (χ0n) is 9.31. The zero-order chi connectivity index (χ0) is 12.8. The van der Waals surface area contributed by atoms with Crippen molar-refractivity contribution >= 4 is 27.6 Å². The van der Waals surface area contributed by atoms with Crippen LogP contribution in [0.3, 0.4) is 0 Å². The molecule has 0 bridgehead atoms. The smallest absolute Gasteiger partial charge is 0.307 e. The van der Waals surface area contributed by atoms with Crippen LogP contribution in [0.1, 0.15) is 5.56 Å². The Labute approximate surface area is 112 Å². The first-order valence-electron chi connectivity index (χ1n) is 5.17. The predicted molar refractivity (Wildman–Crippen MR) is 71.5 cm³/mol. The molecule has 92 valence electrons. The van der Waals surface area contributed by atoms with Gasteiger partial charge in [-0.05, 0) is 45.4 Å². The molecule has 0 saturated heterocycles. The van der Waals surface area contributed by atoms with Crippen LogP contribution in [0, 0.1) is 0 Å². The molecule has 0 amide bonds. The number of nitrogens with zero attached hydrogens (tertiary/aromatic N) is 2. The minimum atomic E-state index is -0.854. The SMILES string of the molecule is O=C(O)Cc1cccnc1SSc1ccccn1. The van der Waals surface area contributed by atoms with E-state index >= 15 is 0 Å². The van der Waals surface area contributed by atoms with Crippen LogP contribution in [-0.2, 0) is 11.2 Å². The summed E-state index contributed by atoms with van der Waals surface area (Å²) in [5.41, 5.74) is 0.721. The van der Waals surface area contributed by atoms with Gasteiger partial charge in [0, 0.05) is 12.4 Å². The van der Waals surface area contributed by atoms with Crippen LogP contribution in [0.4, 0.5) is 0 Å². The van der Waals surface area contributed by atoms with Gasteiger partial charge in [-0.2, -0.15) is 0 Å². The van der Waals surface area contributed by atoms with Gasteiger partial charge in [-0.25, -0.2) is 9.97 Å². The van der Waals surface area contributed by atoms with Crippen molar-refractivity contribution in [2.45, 2.75) is 16.5 Å². The molecule has 6 heteroatoms. The lowest BCUT2D eigenvalue weighted by Crippen LogP contribution is -2.01. The summed E-state index contributed by atoms with van der Waals surface area (Å²) in [7, 11) is 2.89. The number of hydrogen-bond acceptors (Lipinski definition) is 5. The Kier molecular flexibility index (Phi) is 4.60. The second-order valence-electron chi connectivity index (χ2n) is 3.37. The van der Waals surface area contributed by atoms with Crippen LogP contribution in [0.5, 0.6) is 0 Å². The van der Waals surface area contributed by atoms with Crippen LogP contribution in [0.25, 0.3) is 0 Å². The molecule has 2 rings (SSSR count). The summed E-state index contributed by atoms with van der Waals surface area (Å²) in [5, 5.41) is 10.4. The van der Waals surface area contributed by atoms with Gasteiger partial charge in [0.25, 0.3) is 0 Å². The summed E-state index contributed by atoms with van der Waals surface area (Å²) >= 11 is 0. The number of carboxylic acid groups (broad SMARTS) is 1. The summed E-state index contributed by atoms with van der Waals surface area (Å²) in [4.78, 5) is 19.1. The fourth-order valence-electron chi connectivity index (χ4n) is 1.28. The highest BCUT2D eigenvalue weighted by Gasteiger charge is 2.09. The van der Waals surface area contributed by atoms with Crippen molar-refractivity contribution in [3.05, 3.63) is 48.3 Å². The Morgan fingerprint density at radius 2 is 1.94 bits per heavy atom. The first-order chi connectivity index (χ1) is 8.75. The van der Waals surface area contributed by atoms with E-state index in [-0.39, 0.29) is 6.42 Å². The molecule has 2 heterocycles. The fourth-order valence-corrected chi connectivity index (χ4v) is 3.27. The van der Waals surface area contributed by atoms with E-state index in [1.807, 2.05) is 18.2 Å². The van der Waals surface area contributed by atoms with Gasteiger partial charge in [0.2, 0.25) is 0 Å². The third-order valence-electron chi connectivity index (χ3n) is 2.04.